The van der Waals surface area contributed by atoms with E-state index in [1.54, 1.807) is 38.2 Å². The van der Waals surface area contributed by atoms with Crippen molar-refractivity contribution < 1.29 is 33.2 Å². The molecule has 6 nitrogen and oxygen atoms in total. The lowest BCUT2D eigenvalue weighted by Gasteiger charge is -2.29. The maximum Gasteiger partial charge on any atom is 0.425 e. The molecule has 0 aliphatic heterocycles. The van der Waals surface area contributed by atoms with E-state index < -0.39 is 17.2 Å². The molecule has 0 bridgehead atoms. The van der Waals surface area contributed by atoms with Gasteiger partial charge < -0.3 is 20.1 Å². The van der Waals surface area contributed by atoms with Crippen molar-refractivity contribution in [3.63, 3.8) is 0 Å². The van der Waals surface area contributed by atoms with Crippen molar-refractivity contribution in [2.45, 2.75) is 32.2 Å². The van der Waals surface area contributed by atoms with Crippen molar-refractivity contribution in [3.05, 3.63) is 59.9 Å². The molecule has 176 valence electrons. The summed E-state index contributed by atoms with van der Waals surface area (Å²) in [5, 5.41) is 34.0. The van der Waals surface area contributed by atoms with Gasteiger partial charge in [-0.1, -0.05) is 38.1 Å². The maximum atomic E-state index is 14.3. The maximum absolute atomic E-state index is 14.3. The second-order valence-electron chi connectivity index (χ2n) is 8.97. The number of hydrogen-bond acceptors (Lipinski definition) is 5. The van der Waals surface area contributed by atoms with E-state index in [1.807, 2.05) is 0 Å². The van der Waals surface area contributed by atoms with Crippen molar-refractivity contribution in [3.8, 4) is 28.0 Å². The summed E-state index contributed by atoms with van der Waals surface area (Å²) >= 11 is 0. The van der Waals surface area contributed by atoms with E-state index in [-0.39, 0.29) is 54.4 Å². The highest BCUT2D eigenvalue weighted by Gasteiger charge is 2.61. The van der Waals surface area contributed by atoms with Crippen molar-refractivity contribution in [1.29, 1.82) is 0 Å². The minimum absolute atomic E-state index is 0.0584. The molecular formula is C24H25F3N2O4. The molecule has 1 heterocycles. The van der Waals surface area contributed by atoms with E-state index in [4.69, 9.17) is 4.74 Å². The largest absolute Gasteiger partial charge is 0.493 e. The third-order valence-corrected chi connectivity index (χ3v) is 5.83. The first kappa shape index (κ1) is 23.3. The normalized spacial score (nSPS) is 17.7. The van der Waals surface area contributed by atoms with Gasteiger partial charge in [-0.2, -0.15) is 18.3 Å². The molecule has 9 heteroatoms. The van der Waals surface area contributed by atoms with Crippen LogP contribution in [0.1, 0.15) is 25.0 Å². The van der Waals surface area contributed by atoms with Crippen LogP contribution in [0, 0.1) is 5.41 Å². The SMILES string of the molecule is CC(C)(CO)COc1cc(-c2cnn(CCO)c2)c2c(c1)C(O)(C(F)(F)F)c1ccccc1-2. The molecule has 0 fully saturated rings. The van der Waals surface area contributed by atoms with Gasteiger partial charge in [0.15, 0.2) is 0 Å². The fourth-order valence-corrected chi connectivity index (χ4v) is 4.02. The van der Waals surface area contributed by atoms with Gasteiger partial charge in [0.2, 0.25) is 5.60 Å². The van der Waals surface area contributed by atoms with Crippen LogP contribution < -0.4 is 4.74 Å². The lowest BCUT2D eigenvalue weighted by molar-refractivity contribution is -0.246. The second-order valence-corrected chi connectivity index (χ2v) is 8.97. The first-order chi connectivity index (χ1) is 15.5. The zero-order valence-corrected chi connectivity index (χ0v) is 18.2. The quantitative estimate of drug-likeness (QED) is 0.498. The molecule has 0 radical (unpaired) electrons. The third-order valence-electron chi connectivity index (χ3n) is 5.83. The Balaban J connectivity index is 1.96. The molecule has 1 aromatic heterocycles. The number of ether oxygens (including phenoxy) is 1. The Kier molecular flexibility index (Phi) is 5.76. The number of benzene rings is 2. The Hall–Kier alpha value is -2.88. The van der Waals surface area contributed by atoms with Gasteiger partial charge in [-0.15, -0.1) is 0 Å². The summed E-state index contributed by atoms with van der Waals surface area (Å²) in [5.41, 5.74) is -2.92. The molecule has 2 aromatic carbocycles. The smallest absolute Gasteiger partial charge is 0.425 e. The zero-order chi connectivity index (χ0) is 24.0. The predicted molar refractivity (Wildman–Crippen MR) is 116 cm³/mol. The number of halogens is 3. The van der Waals surface area contributed by atoms with Gasteiger partial charge in [-0.25, -0.2) is 0 Å². The minimum atomic E-state index is -4.98. The number of hydrogen-bond donors (Lipinski definition) is 3. The van der Waals surface area contributed by atoms with E-state index in [2.05, 4.69) is 5.10 Å². The number of aliphatic hydroxyl groups excluding tert-OH is 2. The highest BCUT2D eigenvalue weighted by atomic mass is 19.4. The van der Waals surface area contributed by atoms with Crippen LogP contribution >= 0.6 is 0 Å². The molecule has 3 aromatic rings. The fourth-order valence-electron chi connectivity index (χ4n) is 4.02. The summed E-state index contributed by atoms with van der Waals surface area (Å²) in [6.45, 7) is 3.51. The Bertz CT molecular complexity index is 1170. The van der Waals surface area contributed by atoms with Gasteiger partial charge in [-0.3, -0.25) is 4.68 Å². The summed E-state index contributed by atoms with van der Waals surface area (Å²) in [6.07, 6.45) is -1.85. The van der Waals surface area contributed by atoms with Gasteiger partial charge in [0.25, 0.3) is 0 Å². The van der Waals surface area contributed by atoms with E-state index in [0.29, 0.717) is 11.1 Å². The summed E-state index contributed by atoms with van der Waals surface area (Å²) in [5.74, 6) is 0.135. The van der Waals surface area contributed by atoms with Crippen molar-refractivity contribution in [2.24, 2.45) is 5.41 Å². The van der Waals surface area contributed by atoms with Crippen molar-refractivity contribution >= 4 is 0 Å². The van der Waals surface area contributed by atoms with Crippen LogP contribution in [0.2, 0.25) is 0 Å². The van der Waals surface area contributed by atoms with Gasteiger partial charge in [0.1, 0.15) is 5.75 Å². The molecule has 0 amide bonds. The number of nitrogens with zero attached hydrogens (tertiary/aromatic N) is 2. The summed E-state index contributed by atoms with van der Waals surface area (Å²) in [6, 6.07) is 8.74. The summed E-state index contributed by atoms with van der Waals surface area (Å²) < 4.78 is 50.3. The molecule has 1 aliphatic rings. The molecule has 3 N–H and O–H groups in total. The van der Waals surface area contributed by atoms with Crippen LogP contribution in [0.4, 0.5) is 13.2 Å². The number of aromatic nitrogens is 2. The van der Waals surface area contributed by atoms with Crippen LogP contribution in [-0.4, -0.2) is 51.1 Å². The molecule has 33 heavy (non-hydrogen) atoms. The molecular weight excluding hydrogens is 437 g/mol. The minimum Gasteiger partial charge on any atom is -0.493 e. The second kappa shape index (κ2) is 8.16. The number of aliphatic hydroxyl groups is 3. The van der Waals surface area contributed by atoms with Crippen LogP contribution in [-0.2, 0) is 12.1 Å². The number of rotatable bonds is 7. The summed E-state index contributed by atoms with van der Waals surface area (Å²) in [7, 11) is 0. The highest BCUT2D eigenvalue weighted by Crippen LogP contribution is 2.58. The van der Waals surface area contributed by atoms with Gasteiger partial charge >= 0.3 is 6.18 Å². The molecule has 0 saturated heterocycles. The van der Waals surface area contributed by atoms with Crippen molar-refractivity contribution in [2.75, 3.05) is 19.8 Å². The molecule has 0 spiro atoms. The van der Waals surface area contributed by atoms with Crippen LogP contribution in [0.5, 0.6) is 5.75 Å². The molecule has 1 aliphatic carbocycles. The third kappa shape index (κ3) is 3.90. The Morgan fingerprint density at radius 3 is 2.45 bits per heavy atom. The lowest BCUT2D eigenvalue weighted by atomic mass is 9.89. The lowest BCUT2D eigenvalue weighted by Crippen LogP contribution is -2.41. The van der Waals surface area contributed by atoms with Gasteiger partial charge in [0, 0.05) is 28.3 Å². The Morgan fingerprint density at radius 2 is 1.79 bits per heavy atom. The fraction of sp³-hybridized carbons (Fsp3) is 0.375. The van der Waals surface area contributed by atoms with E-state index in [9.17, 15) is 28.5 Å². The summed E-state index contributed by atoms with van der Waals surface area (Å²) in [4.78, 5) is 0. The Morgan fingerprint density at radius 1 is 1.06 bits per heavy atom. The molecule has 4 rings (SSSR count). The van der Waals surface area contributed by atoms with Crippen molar-refractivity contribution in [1.82, 2.24) is 9.78 Å². The first-order valence-electron chi connectivity index (χ1n) is 10.5. The van der Waals surface area contributed by atoms with E-state index in [0.717, 1.165) is 0 Å². The number of alkyl halides is 3. The predicted octanol–water partition coefficient (Wildman–Crippen LogP) is 3.72. The van der Waals surface area contributed by atoms with E-state index >= 15 is 0 Å². The first-order valence-corrected chi connectivity index (χ1v) is 10.5. The standard InChI is InChI=1S/C24H25F3N2O4/c1-22(2,13-31)14-33-16-9-18(15-11-28-29(12-15)7-8-30)21-17-5-3-4-6-19(17)23(32,20(21)10-16)24(25,26)27/h3-6,9-12,30-32H,7-8,13-14H2,1-2H3. The molecule has 1 unspecified atom stereocenters. The average Bonchev–Trinajstić information content (AvgIpc) is 3.34. The average molecular weight is 462 g/mol. The Labute approximate surface area is 188 Å². The van der Waals surface area contributed by atoms with Crippen LogP contribution in [0.3, 0.4) is 0 Å². The monoisotopic (exact) mass is 462 g/mol. The van der Waals surface area contributed by atoms with Crippen LogP contribution in [0.25, 0.3) is 22.3 Å². The van der Waals surface area contributed by atoms with Crippen LogP contribution in [0.15, 0.2) is 48.8 Å². The van der Waals surface area contributed by atoms with E-state index in [1.165, 1.54) is 29.1 Å². The van der Waals surface area contributed by atoms with Gasteiger partial charge in [0.05, 0.1) is 32.6 Å². The highest BCUT2D eigenvalue weighted by molar-refractivity contribution is 5.93. The van der Waals surface area contributed by atoms with Gasteiger partial charge in [-0.05, 0) is 28.8 Å². The zero-order valence-electron chi connectivity index (χ0n) is 18.2. The molecule has 1 atom stereocenters. The topological polar surface area (TPSA) is 87.7 Å². The molecule has 0 saturated carbocycles. The number of fused-ring (bicyclic) bond motifs is 3.